The molecule has 0 unspecified atom stereocenters. The number of hydrogen-bond donors (Lipinski definition) is 1. The lowest BCUT2D eigenvalue weighted by atomic mass is 10.0. The number of halogens is 2. The number of ketones is 2. The lowest BCUT2D eigenvalue weighted by molar-refractivity contribution is 0.0945. The summed E-state index contributed by atoms with van der Waals surface area (Å²) in [5.74, 6) is 0.746. The van der Waals surface area contributed by atoms with Crippen molar-refractivity contribution >= 4 is 48.0 Å². The van der Waals surface area contributed by atoms with E-state index in [2.05, 4.69) is 21.2 Å². The van der Waals surface area contributed by atoms with E-state index in [4.69, 9.17) is 9.47 Å². The zero-order valence-electron chi connectivity index (χ0n) is 27.4. The van der Waals surface area contributed by atoms with Crippen molar-refractivity contribution in [2.45, 2.75) is 26.4 Å². The fourth-order valence-electron chi connectivity index (χ4n) is 5.65. The average molecular weight is 693 g/mol. The zero-order chi connectivity index (χ0) is 32.3. The van der Waals surface area contributed by atoms with Gasteiger partial charge in [-0.1, -0.05) is 79.7 Å². The molecule has 0 saturated carbocycles. The lowest BCUT2D eigenvalue weighted by Gasteiger charge is -2.36. The van der Waals surface area contributed by atoms with Gasteiger partial charge in [-0.25, -0.2) is 0 Å². The quantitative estimate of drug-likeness (QED) is 0.114. The molecule has 1 fully saturated rings. The molecule has 0 radical (unpaired) electrons. The van der Waals surface area contributed by atoms with Crippen LogP contribution in [0.1, 0.15) is 62.0 Å². The Hall–Kier alpha value is -4.37. The second-order valence-electron chi connectivity index (χ2n) is 11.2. The van der Waals surface area contributed by atoms with Gasteiger partial charge in [-0.3, -0.25) is 19.3 Å². The predicted molar refractivity (Wildman–Crippen MR) is 195 cm³/mol. The Morgan fingerprint density at radius 1 is 0.750 bits per heavy atom. The smallest absolute Gasteiger partial charge is 0.255 e. The molecule has 0 spiro atoms. The molecule has 0 aromatic heterocycles. The summed E-state index contributed by atoms with van der Waals surface area (Å²) < 4.78 is 11.7. The summed E-state index contributed by atoms with van der Waals surface area (Å²) in [7, 11) is 1.70. The molecule has 10 heteroatoms. The third kappa shape index (κ3) is 9.60. The minimum Gasteiger partial charge on any atom is -0.495 e. The Morgan fingerprint density at radius 3 is 2.08 bits per heavy atom. The van der Waals surface area contributed by atoms with Gasteiger partial charge >= 0.3 is 0 Å². The molecule has 4 aromatic rings. The second-order valence-corrected chi connectivity index (χ2v) is 11.2. The number of Topliss-reactive ketones (excluding diaryl/α,β-unsaturated/α-hetero) is 1. The fraction of sp³-hybridized carbons (Fsp3) is 0.289. The summed E-state index contributed by atoms with van der Waals surface area (Å²) >= 11 is 0. The molecule has 1 N–H and O–H groups in total. The summed E-state index contributed by atoms with van der Waals surface area (Å²) in [5, 5.41) is 3.03. The molecule has 1 amide bonds. The molecule has 5 rings (SSSR count). The van der Waals surface area contributed by atoms with Crippen LogP contribution in [0.5, 0.6) is 11.5 Å². The first-order chi connectivity index (χ1) is 22.5. The maximum atomic E-state index is 13.3. The molecule has 1 aliphatic heterocycles. The van der Waals surface area contributed by atoms with Crippen molar-refractivity contribution in [1.29, 1.82) is 0 Å². The van der Waals surface area contributed by atoms with Gasteiger partial charge in [0.15, 0.2) is 11.6 Å². The number of nitrogens with zero attached hydrogens (tertiary/aromatic N) is 2. The van der Waals surface area contributed by atoms with E-state index in [0.717, 1.165) is 56.1 Å². The summed E-state index contributed by atoms with van der Waals surface area (Å²) in [6.07, 6.45) is 1.10. The number of amides is 1. The van der Waals surface area contributed by atoms with E-state index < -0.39 is 0 Å². The highest BCUT2D eigenvalue weighted by atomic mass is 35.5. The molecular weight excluding hydrogens is 649 g/mol. The minimum absolute atomic E-state index is 0. The number of carbonyl (C=O) groups excluding carboxylic acids is 3. The van der Waals surface area contributed by atoms with Crippen LogP contribution < -0.4 is 19.7 Å². The number of methoxy groups -OCH3 is 1. The highest BCUT2D eigenvalue weighted by Crippen LogP contribution is 2.29. The average Bonchev–Trinajstić information content (AvgIpc) is 3.12. The van der Waals surface area contributed by atoms with E-state index in [9.17, 15) is 14.4 Å². The van der Waals surface area contributed by atoms with Crippen molar-refractivity contribution < 1.29 is 23.9 Å². The van der Waals surface area contributed by atoms with Gasteiger partial charge in [0.2, 0.25) is 0 Å². The third-order valence-electron chi connectivity index (χ3n) is 8.25. The number of nitrogens with one attached hydrogen (secondary N) is 1. The number of carbonyl (C=O) groups is 3. The fourth-order valence-corrected chi connectivity index (χ4v) is 5.65. The Bertz CT molecular complexity index is 1640. The van der Waals surface area contributed by atoms with Crippen LogP contribution in [0.25, 0.3) is 0 Å². The van der Waals surface area contributed by atoms with Crippen LogP contribution in [0.3, 0.4) is 0 Å². The molecule has 1 heterocycles. The second kappa shape index (κ2) is 18.8. The number of ether oxygens (including phenoxy) is 2. The van der Waals surface area contributed by atoms with Crippen LogP contribution in [0.2, 0.25) is 0 Å². The van der Waals surface area contributed by atoms with Crippen LogP contribution in [0.4, 0.5) is 5.69 Å². The van der Waals surface area contributed by atoms with Gasteiger partial charge in [-0.15, -0.1) is 24.8 Å². The Morgan fingerprint density at radius 2 is 1.40 bits per heavy atom. The van der Waals surface area contributed by atoms with Gasteiger partial charge in [-0.2, -0.15) is 0 Å². The van der Waals surface area contributed by atoms with E-state index in [1.54, 1.807) is 56.5 Å². The highest BCUT2D eigenvalue weighted by Gasteiger charge is 2.21. The monoisotopic (exact) mass is 691 g/mol. The first-order valence-electron chi connectivity index (χ1n) is 15.8. The van der Waals surface area contributed by atoms with Gasteiger partial charge < -0.3 is 19.7 Å². The molecule has 48 heavy (non-hydrogen) atoms. The van der Waals surface area contributed by atoms with Crippen molar-refractivity contribution in [3.63, 3.8) is 0 Å². The van der Waals surface area contributed by atoms with Crippen LogP contribution in [0, 0.1) is 0 Å². The lowest BCUT2D eigenvalue weighted by Crippen LogP contribution is -2.47. The maximum Gasteiger partial charge on any atom is 0.255 e. The van der Waals surface area contributed by atoms with Crippen LogP contribution in [0.15, 0.2) is 97.1 Å². The van der Waals surface area contributed by atoms with E-state index in [0.29, 0.717) is 35.2 Å². The molecule has 1 aliphatic rings. The van der Waals surface area contributed by atoms with Crippen LogP contribution in [-0.2, 0) is 6.61 Å². The third-order valence-corrected chi connectivity index (χ3v) is 8.25. The van der Waals surface area contributed by atoms with Crippen molar-refractivity contribution in [1.82, 2.24) is 10.2 Å². The topological polar surface area (TPSA) is 88.2 Å². The molecule has 0 atom stereocenters. The van der Waals surface area contributed by atoms with E-state index in [1.165, 1.54) is 0 Å². The zero-order valence-corrected chi connectivity index (χ0v) is 29.0. The number of piperazine rings is 1. The van der Waals surface area contributed by atoms with E-state index >= 15 is 0 Å². The van der Waals surface area contributed by atoms with Gasteiger partial charge in [0.1, 0.15) is 18.1 Å². The molecule has 4 aromatic carbocycles. The van der Waals surface area contributed by atoms with E-state index in [-0.39, 0.29) is 54.6 Å². The van der Waals surface area contributed by atoms with Crippen molar-refractivity contribution in [2.75, 3.05) is 51.3 Å². The molecule has 8 nitrogen and oxygen atoms in total. The molecule has 1 saturated heterocycles. The normalized spacial score (nSPS) is 12.7. The van der Waals surface area contributed by atoms with Crippen molar-refractivity contribution in [3.05, 3.63) is 125 Å². The van der Waals surface area contributed by atoms with E-state index in [1.807, 2.05) is 48.5 Å². The summed E-state index contributed by atoms with van der Waals surface area (Å²) in [4.78, 5) is 43.7. The van der Waals surface area contributed by atoms with Crippen molar-refractivity contribution in [3.8, 4) is 11.5 Å². The first-order valence-corrected chi connectivity index (χ1v) is 15.8. The van der Waals surface area contributed by atoms with Gasteiger partial charge in [0, 0.05) is 50.3 Å². The highest BCUT2D eigenvalue weighted by molar-refractivity contribution is 6.09. The van der Waals surface area contributed by atoms with Gasteiger partial charge in [0.05, 0.1) is 23.9 Å². The SMILES string of the molecule is CCC(=O)c1cccc(C(=O)NCCCN2CCN(c3ccccc3OC)CC2)c1OCc1ccc(C(=O)c2ccccc2)cc1.Cl.Cl. The summed E-state index contributed by atoms with van der Waals surface area (Å²) in [5.41, 5.74) is 3.87. The van der Waals surface area contributed by atoms with Gasteiger partial charge in [-0.05, 0) is 42.8 Å². The number of anilines is 1. The molecular formula is C38H43Cl2N3O5. The van der Waals surface area contributed by atoms with Crippen molar-refractivity contribution in [2.24, 2.45) is 0 Å². The maximum absolute atomic E-state index is 13.3. The van der Waals surface area contributed by atoms with Crippen LogP contribution in [-0.4, -0.2) is 68.8 Å². The number of para-hydroxylation sites is 3. The Balaban J connectivity index is 0.00000312. The summed E-state index contributed by atoms with van der Waals surface area (Å²) in [6.45, 7) is 7.02. The minimum atomic E-state index is -0.273. The van der Waals surface area contributed by atoms with Crippen LogP contribution >= 0.6 is 24.8 Å². The molecule has 0 bridgehead atoms. The molecule has 254 valence electrons. The first kappa shape index (κ1) is 38.1. The number of hydrogen-bond acceptors (Lipinski definition) is 7. The Labute approximate surface area is 295 Å². The number of rotatable bonds is 14. The summed E-state index contributed by atoms with van der Waals surface area (Å²) in [6, 6.07) is 29.5. The molecule has 0 aliphatic carbocycles. The van der Waals surface area contributed by atoms with Gasteiger partial charge in [0.25, 0.3) is 5.91 Å². The largest absolute Gasteiger partial charge is 0.495 e. The number of benzene rings is 4. The standard InChI is InChI=1S/C38H41N3O5.2ClH/c1-3-34(42)31-13-9-14-32(37(31)46-27-28-17-19-30(20-18-28)36(43)29-11-5-4-6-12-29)38(44)39-21-10-22-40-23-25-41(26-24-40)33-15-7-8-16-35(33)45-2;;/h4-9,11-20H,3,10,21-27H2,1-2H3,(H,39,44);2*1H. The predicted octanol–water partition coefficient (Wildman–Crippen LogP) is 6.88. The Kier molecular flexibility index (Phi) is 14.9.